The van der Waals surface area contributed by atoms with Crippen molar-refractivity contribution in [3.8, 4) is 11.5 Å². The fraction of sp³-hybridized carbons (Fsp3) is 0.176. The Balaban J connectivity index is 2.07. The summed E-state index contributed by atoms with van der Waals surface area (Å²) < 4.78 is 38.0. The Kier molecular flexibility index (Phi) is 6.84. The number of methoxy groups -OCH3 is 2. The maximum Gasteiger partial charge on any atom is 0.338 e. The number of primary sulfonamides is 1. The molecule has 2 aromatic rings. The fourth-order valence-corrected chi connectivity index (χ4v) is 3.23. The minimum absolute atomic E-state index is 0.125. The second kappa shape index (κ2) is 8.91. The number of esters is 1. The van der Waals surface area contributed by atoms with E-state index in [2.05, 4.69) is 5.32 Å². The van der Waals surface area contributed by atoms with Gasteiger partial charge in [-0.1, -0.05) is 11.6 Å². The summed E-state index contributed by atoms with van der Waals surface area (Å²) in [5, 5.41) is 7.43. The summed E-state index contributed by atoms with van der Waals surface area (Å²) in [7, 11) is -1.22. The highest BCUT2D eigenvalue weighted by Crippen LogP contribution is 2.28. The lowest BCUT2D eigenvalue weighted by atomic mass is 10.2. The number of amides is 1. The van der Waals surface area contributed by atoms with Gasteiger partial charge in [-0.3, -0.25) is 4.79 Å². The van der Waals surface area contributed by atoms with Crippen LogP contribution in [0, 0.1) is 0 Å². The van der Waals surface area contributed by atoms with Crippen LogP contribution in [0.1, 0.15) is 10.4 Å². The molecule has 0 saturated heterocycles. The van der Waals surface area contributed by atoms with E-state index in [1.54, 1.807) is 12.1 Å². The Morgan fingerprint density at radius 2 is 1.82 bits per heavy atom. The van der Waals surface area contributed by atoms with Gasteiger partial charge in [-0.2, -0.15) is 0 Å². The highest BCUT2D eigenvalue weighted by atomic mass is 35.5. The Morgan fingerprint density at radius 1 is 1.11 bits per heavy atom. The maximum absolute atomic E-state index is 12.1. The first-order valence-electron chi connectivity index (χ1n) is 7.67. The number of hydrogen-bond acceptors (Lipinski definition) is 7. The van der Waals surface area contributed by atoms with Crippen molar-refractivity contribution in [2.75, 3.05) is 26.1 Å². The van der Waals surface area contributed by atoms with Gasteiger partial charge >= 0.3 is 5.97 Å². The van der Waals surface area contributed by atoms with Crippen molar-refractivity contribution in [1.82, 2.24) is 0 Å². The number of nitrogens with one attached hydrogen (secondary N) is 1. The van der Waals surface area contributed by atoms with Gasteiger partial charge in [-0.25, -0.2) is 18.4 Å². The zero-order valence-corrected chi connectivity index (χ0v) is 16.5. The van der Waals surface area contributed by atoms with Crippen molar-refractivity contribution in [3.05, 3.63) is 47.0 Å². The van der Waals surface area contributed by atoms with Gasteiger partial charge in [-0.15, -0.1) is 0 Å². The number of benzene rings is 2. The monoisotopic (exact) mass is 428 g/mol. The summed E-state index contributed by atoms with van der Waals surface area (Å²) in [5.41, 5.74) is 0.200. The predicted molar refractivity (Wildman–Crippen MR) is 101 cm³/mol. The van der Waals surface area contributed by atoms with Gasteiger partial charge < -0.3 is 19.5 Å². The van der Waals surface area contributed by atoms with Crippen LogP contribution < -0.4 is 19.9 Å². The van der Waals surface area contributed by atoms with E-state index < -0.39 is 33.4 Å². The summed E-state index contributed by atoms with van der Waals surface area (Å²) in [5.74, 6) is -0.685. The van der Waals surface area contributed by atoms with Crippen LogP contribution in [0.4, 0.5) is 5.69 Å². The molecule has 0 aliphatic rings. The lowest BCUT2D eigenvalue weighted by Crippen LogP contribution is -2.21. The van der Waals surface area contributed by atoms with Crippen LogP contribution in [-0.2, 0) is 19.6 Å². The van der Waals surface area contributed by atoms with Crippen molar-refractivity contribution in [2.45, 2.75) is 4.90 Å². The summed E-state index contributed by atoms with van der Waals surface area (Å²) in [6.45, 7) is -0.619. The van der Waals surface area contributed by atoms with Gasteiger partial charge in [0.25, 0.3) is 5.91 Å². The molecule has 2 aromatic carbocycles. The molecule has 0 spiro atoms. The van der Waals surface area contributed by atoms with Crippen LogP contribution in [-0.4, -0.2) is 41.1 Å². The number of carbonyl (C=O) groups excluding carboxylic acids is 2. The van der Waals surface area contributed by atoms with E-state index in [0.717, 1.165) is 6.07 Å². The SMILES string of the molecule is COc1ccc(OC)c(NC(=O)COC(=O)c2ccc(Cl)c(S(N)(=O)=O)c2)c1. The zero-order valence-electron chi connectivity index (χ0n) is 14.9. The fourth-order valence-electron chi connectivity index (χ4n) is 2.16. The minimum Gasteiger partial charge on any atom is -0.497 e. The maximum atomic E-state index is 12.1. The Morgan fingerprint density at radius 3 is 2.43 bits per heavy atom. The van der Waals surface area contributed by atoms with Crippen LogP contribution in [0.5, 0.6) is 11.5 Å². The van der Waals surface area contributed by atoms with Crippen molar-refractivity contribution < 1.29 is 32.2 Å². The molecule has 2 rings (SSSR count). The van der Waals surface area contributed by atoms with Crippen LogP contribution in [0.2, 0.25) is 5.02 Å². The smallest absolute Gasteiger partial charge is 0.338 e. The van der Waals surface area contributed by atoms with E-state index in [1.807, 2.05) is 0 Å². The van der Waals surface area contributed by atoms with Crippen LogP contribution in [0.3, 0.4) is 0 Å². The number of sulfonamides is 1. The van der Waals surface area contributed by atoms with Gasteiger partial charge in [-0.05, 0) is 30.3 Å². The molecule has 0 bridgehead atoms. The summed E-state index contributed by atoms with van der Waals surface area (Å²) in [4.78, 5) is 23.7. The van der Waals surface area contributed by atoms with Gasteiger partial charge in [0, 0.05) is 6.07 Å². The van der Waals surface area contributed by atoms with E-state index in [0.29, 0.717) is 17.2 Å². The first-order chi connectivity index (χ1) is 13.2. The van der Waals surface area contributed by atoms with Crippen molar-refractivity contribution >= 4 is 39.2 Å². The van der Waals surface area contributed by atoms with Gasteiger partial charge in [0.2, 0.25) is 10.0 Å². The van der Waals surface area contributed by atoms with Crippen LogP contribution in [0.15, 0.2) is 41.3 Å². The molecule has 0 saturated carbocycles. The average molecular weight is 429 g/mol. The standard InChI is InChI=1S/C17H17ClN2O7S/c1-25-11-4-6-14(26-2)13(8-11)20-16(21)9-27-17(22)10-3-5-12(18)15(7-10)28(19,23)24/h3-8H,9H2,1-2H3,(H,20,21)(H2,19,23,24). The minimum atomic E-state index is -4.12. The third-order valence-corrected chi connectivity index (χ3v) is 4.88. The predicted octanol–water partition coefficient (Wildman–Crippen LogP) is 1.80. The molecular weight excluding hydrogens is 412 g/mol. The topological polar surface area (TPSA) is 134 Å². The summed E-state index contributed by atoms with van der Waals surface area (Å²) in [6.07, 6.45) is 0. The number of rotatable bonds is 7. The van der Waals surface area contributed by atoms with E-state index in [4.69, 9.17) is 31.0 Å². The molecule has 0 unspecified atom stereocenters. The van der Waals surface area contributed by atoms with E-state index in [-0.39, 0.29) is 10.6 Å². The summed E-state index contributed by atoms with van der Waals surface area (Å²) >= 11 is 5.76. The Bertz CT molecular complexity index is 1010. The van der Waals surface area contributed by atoms with Crippen molar-refractivity contribution in [1.29, 1.82) is 0 Å². The summed E-state index contributed by atoms with van der Waals surface area (Å²) in [6, 6.07) is 8.21. The molecule has 0 aliphatic heterocycles. The molecule has 0 radical (unpaired) electrons. The van der Waals surface area contributed by atoms with Crippen molar-refractivity contribution in [3.63, 3.8) is 0 Å². The quantitative estimate of drug-likeness (QED) is 0.642. The molecule has 0 atom stereocenters. The zero-order chi connectivity index (χ0) is 20.9. The molecule has 150 valence electrons. The molecule has 9 nitrogen and oxygen atoms in total. The van der Waals surface area contributed by atoms with E-state index in [9.17, 15) is 18.0 Å². The van der Waals surface area contributed by atoms with Crippen LogP contribution >= 0.6 is 11.6 Å². The second-order valence-corrected chi connectivity index (χ2v) is 7.32. The highest BCUT2D eigenvalue weighted by molar-refractivity contribution is 7.89. The molecule has 0 aliphatic carbocycles. The number of nitrogens with two attached hydrogens (primary N) is 1. The molecule has 0 heterocycles. The molecule has 0 aromatic heterocycles. The number of ether oxygens (including phenoxy) is 3. The normalized spacial score (nSPS) is 10.9. The highest BCUT2D eigenvalue weighted by Gasteiger charge is 2.18. The molecule has 11 heteroatoms. The molecule has 28 heavy (non-hydrogen) atoms. The second-order valence-electron chi connectivity index (χ2n) is 5.38. The lowest BCUT2D eigenvalue weighted by molar-refractivity contribution is -0.119. The lowest BCUT2D eigenvalue weighted by Gasteiger charge is -2.12. The number of anilines is 1. The number of carbonyl (C=O) groups is 2. The largest absolute Gasteiger partial charge is 0.497 e. The Hall–Kier alpha value is -2.82. The third-order valence-electron chi connectivity index (χ3n) is 3.49. The molecular formula is C17H17ClN2O7S. The number of halogens is 1. The van der Waals surface area contributed by atoms with Gasteiger partial charge in [0.05, 0.1) is 30.5 Å². The average Bonchev–Trinajstić information content (AvgIpc) is 2.65. The van der Waals surface area contributed by atoms with E-state index >= 15 is 0 Å². The first-order valence-corrected chi connectivity index (χ1v) is 9.59. The number of hydrogen-bond donors (Lipinski definition) is 2. The third kappa shape index (κ3) is 5.35. The van der Waals surface area contributed by atoms with Crippen LogP contribution in [0.25, 0.3) is 0 Å². The first kappa shape index (κ1) is 21.5. The van der Waals surface area contributed by atoms with Gasteiger partial charge in [0.15, 0.2) is 6.61 Å². The molecule has 0 fully saturated rings. The Labute approximate surface area is 166 Å². The molecule has 3 N–H and O–H groups in total. The molecule has 1 amide bonds. The van der Waals surface area contributed by atoms with Crippen molar-refractivity contribution in [2.24, 2.45) is 5.14 Å². The van der Waals surface area contributed by atoms with Gasteiger partial charge in [0.1, 0.15) is 16.4 Å². The van der Waals surface area contributed by atoms with E-state index in [1.165, 1.54) is 32.4 Å².